The predicted molar refractivity (Wildman–Crippen MR) is 116 cm³/mol. The Bertz CT molecular complexity index is 648. The Labute approximate surface area is 181 Å². The minimum atomic E-state index is -0.633. The van der Waals surface area contributed by atoms with Crippen molar-refractivity contribution in [3.8, 4) is 0 Å². The van der Waals surface area contributed by atoms with E-state index in [2.05, 4.69) is 10.6 Å². The van der Waals surface area contributed by atoms with Gasteiger partial charge in [-0.1, -0.05) is 20.8 Å². The predicted octanol–water partition coefficient (Wildman–Crippen LogP) is 1.01. The summed E-state index contributed by atoms with van der Waals surface area (Å²) in [5.41, 5.74) is -0.633. The number of thioether (sulfide) groups is 2. The lowest BCUT2D eigenvalue weighted by molar-refractivity contribution is -0.139. The molecule has 0 saturated carbocycles. The van der Waals surface area contributed by atoms with Crippen molar-refractivity contribution in [2.45, 2.75) is 64.6 Å². The molecule has 0 spiro atoms. The first kappa shape index (κ1) is 23.9. The quantitative estimate of drug-likeness (QED) is 0.580. The third-order valence-electron chi connectivity index (χ3n) is 5.47. The second kappa shape index (κ2) is 10.6. The number of amides is 4. The van der Waals surface area contributed by atoms with Crippen molar-refractivity contribution >= 4 is 47.2 Å². The third-order valence-corrected chi connectivity index (χ3v) is 7.50. The summed E-state index contributed by atoms with van der Waals surface area (Å²) in [4.78, 5) is 52.9. The standard InChI is InChI=1S/C19H32N4O4S2/c1-5-15(24)22-11-28-8-13(22)17(26)20-10-19(4,7-3)21-18(27)14-9-29-12-23(14)16(25)6-2/h13-14H,5-12H2,1-4H3,(H,20,26)(H,21,27)/t13-,14-,19+/m1/s1. The van der Waals surface area contributed by atoms with E-state index in [0.29, 0.717) is 42.5 Å². The molecule has 0 aromatic heterocycles. The maximum absolute atomic E-state index is 12.8. The maximum atomic E-state index is 12.8. The smallest absolute Gasteiger partial charge is 0.244 e. The molecule has 2 saturated heterocycles. The van der Waals surface area contributed by atoms with Crippen LogP contribution in [0, 0.1) is 0 Å². The highest BCUT2D eigenvalue weighted by molar-refractivity contribution is 7.99. The molecule has 0 aromatic carbocycles. The molecule has 4 amide bonds. The zero-order chi connectivity index (χ0) is 21.6. The number of carbonyl (C=O) groups is 4. The molecule has 29 heavy (non-hydrogen) atoms. The van der Waals surface area contributed by atoms with Gasteiger partial charge in [0.25, 0.3) is 0 Å². The fraction of sp³-hybridized carbons (Fsp3) is 0.789. The lowest BCUT2D eigenvalue weighted by atomic mass is 9.97. The molecule has 2 rings (SSSR count). The summed E-state index contributed by atoms with van der Waals surface area (Å²) in [6.45, 7) is 7.68. The van der Waals surface area contributed by atoms with Gasteiger partial charge in [0.1, 0.15) is 12.1 Å². The van der Waals surface area contributed by atoms with Gasteiger partial charge in [-0.3, -0.25) is 19.2 Å². The molecule has 0 unspecified atom stereocenters. The highest BCUT2D eigenvalue weighted by atomic mass is 32.2. The second-order valence-electron chi connectivity index (χ2n) is 7.59. The first-order chi connectivity index (χ1) is 13.8. The summed E-state index contributed by atoms with van der Waals surface area (Å²) >= 11 is 3.14. The SMILES string of the molecule is CCC(=O)N1CSC[C@@H]1C(=O)NC[C@](C)(CC)NC(=O)[C@H]1CSCN1C(=O)CC. The zero-order valence-corrected chi connectivity index (χ0v) is 19.3. The van der Waals surface area contributed by atoms with Gasteiger partial charge in [0.05, 0.1) is 17.3 Å². The van der Waals surface area contributed by atoms with E-state index in [-0.39, 0.29) is 30.2 Å². The van der Waals surface area contributed by atoms with Gasteiger partial charge in [0, 0.05) is 30.9 Å². The molecule has 2 aliphatic heterocycles. The van der Waals surface area contributed by atoms with E-state index in [1.807, 2.05) is 13.8 Å². The summed E-state index contributed by atoms with van der Waals surface area (Å²) in [5.74, 6) is 1.80. The minimum absolute atomic E-state index is 0.0267. The number of carbonyl (C=O) groups excluding carboxylic acids is 4. The van der Waals surface area contributed by atoms with Crippen LogP contribution in [-0.4, -0.2) is 80.9 Å². The van der Waals surface area contributed by atoms with Crippen molar-refractivity contribution in [3.05, 3.63) is 0 Å². The van der Waals surface area contributed by atoms with Crippen LogP contribution in [0.4, 0.5) is 0 Å². The Kier molecular flexibility index (Phi) is 8.69. The number of nitrogens with zero attached hydrogens (tertiary/aromatic N) is 2. The van der Waals surface area contributed by atoms with E-state index in [1.54, 1.807) is 47.2 Å². The molecule has 3 atom stereocenters. The second-order valence-corrected chi connectivity index (χ2v) is 9.59. The summed E-state index contributed by atoms with van der Waals surface area (Å²) in [6, 6.07) is -0.939. The fourth-order valence-electron chi connectivity index (χ4n) is 3.26. The number of rotatable bonds is 8. The molecular weight excluding hydrogens is 412 g/mol. The van der Waals surface area contributed by atoms with E-state index in [4.69, 9.17) is 0 Å². The maximum Gasteiger partial charge on any atom is 0.244 e. The van der Waals surface area contributed by atoms with Crippen molar-refractivity contribution in [2.75, 3.05) is 29.8 Å². The van der Waals surface area contributed by atoms with Crippen LogP contribution >= 0.6 is 23.5 Å². The molecule has 0 aliphatic carbocycles. The summed E-state index contributed by atoms with van der Waals surface area (Å²) in [5, 5.41) is 5.96. The van der Waals surface area contributed by atoms with E-state index in [0.717, 1.165) is 0 Å². The largest absolute Gasteiger partial charge is 0.352 e. The lowest BCUT2D eigenvalue weighted by Crippen LogP contribution is -2.59. The van der Waals surface area contributed by atoms with Crippen molar-refractivity contribution in [3.63, 3.8) is 0 Å². The topological polar surface area (TPSA) is 98.8 Å². The van der Waals surface area contributed by atoms with Gasteiger partial charge in [-0.25, -0.2) is 0 Å². The highest BCUT2D eigenvalue weighted by Crippen LogP contribution is 2.24. The molecule has 0 bridgehead atoms. The van der Waals surface area contributed by atoms with E-state index >= 15 is 0 Å². The minimum Gasteiger partial charge on any atom is -0.352 e. The van der Waals surface area contributed by atoms with Crippen LogP contribution in [0.5, 0.6) is 0 Å². The Balaban J connectivity index is 1.95. The van der Waals surface area contributed by atoms with E-state index in [1.165, 1.54) is 0 Å². The van der Waals surface area contributed by atoms with Crippen LogP contribution in [0.25, 0.3) is 0 Å². The van der Waals surface area contributed by atoms with Gasteiger partial charge in [-0.05, 0) is 13.3 Å². The first-order valence-corrected chi connectivity index (χ1v) is 12.4. The van der Waals surface area contributed by atoms with Crippen molar-refractivity contribution < 1.29 is 19.2 Å². The molecule has 2 aliphatic rings. The van der Waals surface area contributed by atoms with Crippen LogP contribution < -0.4 is 10.6 Å². The Morgan fingerprint density at radius 1 is 0.897 bits per heavy atom. The van der Waals surface area contributed by atoms with Gasteiger partial charge in [-0.2, -0.15) is 0 Å². The summed E-state index contributed by atoms with van der Waals surface area (Å²) in [7, 11) is 0. The molecule has 2 fully saturated rings. The average molecular weight is 445 g/mol. The molecule has 0 aromatic rings. The van der Waals surface area contributed by atoms with Gasteiger partial charge in [0.15, 0.2) is 0 Å². The van der Waals surface area contributed by atoms with Crippen LogP contribution in [0.1, 0.15) is 47.0 Å². The monoisotopic (exact) mass is 444 g/mol. The van der Waals surface area contributed by atoms with Crippen molar-refractivity contribution in [2.24, 2.45) is 0 Å². The first-order valence-electron chi connectivity index (χ1n) is 10.1. The molecule has 164 valence electrons. The number of nitrogens with one attached hydrogen (secondary N) is 2. The lowest BCUT2D eigenvalue weighted by Gasteiger charge is -2.33. The molecule has 2 N–H and O–H groups in total. The normalized spacial score (nSPS) is 23.6. The van der Waals surface area contributed by atoms with Crippen LogP contribution in [0.3, 0.4) is 0 Å². The molecule has 8 nitrogen and oxygen atoms in total. The van der Waals surface area contributed by atoms with E-state index < -0.39 is 17.6 Å². The molecule has 10 heteroatoms. The van der Waals surface area contributed by atoms with E-state index in [9.17, 15) is 19.2 Å². The molecule has 2 heterocycles. The fourth-order valence-corrected chi connectivity index (χ4v) is 5.62. The van der Waals surface area contributed by atoms with Crippen LogP contribution in [0.15, 0.2) is 0 Å². The Morgan fingerprint density at radius 2 is 1.38 bits per heavy atom. The Hall–Kier alpha value is -1.42. The van der Waals surface area contributed by atoms with Crippen molar-refractivity contribution in [1.29, 1.82) is 0 Å². The van der Waals surface area contributed by atoms with Gasteiger partial charge >= 0.3 is 0 Å². The average Bonchev–Trinajstić information content (AvgIpc) is 3.40. The van der Waals surface area contributed by atoms with Gasteiger partial charge in [-0.15, -0.1) is 23.5 Å². The van der Waals surface area contributed by atoms with Gasteiger partial charge < -0.3 is 20.4 Å². The van der Waals surface area contributed by atoms with Crippen molar-refractivity contribution in [1.82, 2.24) is 20.4 Å². The van der Waals surface area contributed by atoms with Crippen LogP contribution in [0.2, 0.25) is 0 Å². The molecular formula is C19H32N4O4S2. The van der Waals surface area contributed by atoms with Gasteiger partial charge in [0.2, 0.25) is 23.6 Å². The molecule has 0 radical (unpaired) electrons. The zero-order valence-electron chi connectivity index (χ0n) is 17.7. The highest BCUT2D eigenvalue weighted by Gasteiger charge is 2.38. The van der Waals surface area contributed by atoms with Crippen LogP contribution in [-0.2, 0) is 19.2 Å². The summed E-state index contributed by atoms with van der Waals surface area (Å²) < 4.78 is 0. The summed E-state index contributed by atoms with van der Waals surface area (Å²) in [6.07, 6.45) is 1.37. The number of hydrogen-bond donors (Lipinski definition) is 2. The Morgan fingerprint density at radius 3 is 1.83 bits per heavy atom. The number of hydrogen-bond acceptors (Lipinski definition) is 6. The third kappa shape index (κ3) is 5.81.